The lowest BCUT2D eigenvalue weighted by atomic mass is 9.87. The lowest BCUT2D eigenvalue weighted by molar-refractivity contribution is 0.0991. The van der Waals surface area contributed by atoms with Crippen LogP contribution in [0.5, 0.6) is 5.88 Å². The molecule has 0 spiro atoms. The van der Waals surface area contributed by atoms with Crippen LogP contribution >= 0.6 is 11.5 Å². The van der Waals surface area contributed by atoms with Crippen molar-refractivity contribution in [3.05, 3.63) is 29.6 Å². The number of aromatic nitrogens is 1. The second kappa shape index (κ2) is 10.5. The zero-order chi connectivity index (χ0) is 22.3. The highest BCUT2D eigenvalue weighted by Gasteiger charge is 2.34. The van der Waals surface area contributed by atoms with Gasteiger partial charge in [0.2, 0.25) is 5.88 Å². The van der Waals surface area contributed by atoms with Crippen molar-refractivity contribution in [2.75, 3.05) is 25.0 Å². The normalized spacial score (nSPS) is 20.7. The van der Waals surface area contributed by atoms with E-state index in [1.165, 1.54) is 6.92 Å². The van der Waals surface area contributed by atoms with Crippen molar-refractivity contribution in [1.82, 2.24) is 15.0 Å². The monoisotopic (exact) mass is 443 g/mol. The first-order chi connectivity index (χ1) is 14.1. The van der Waals surface area contributed by atoms with Gasteiger partial charge in [0.05, 0.1) is 12.5 Å². The average Bonchev–Trinajstić information content (AvgIpc) is 3.04. The Kier molecular flexibility index (Phi) is 8.30. The second-order valence-corrected chi connectivity index (χ2v) is 8.13. The molecule has 1 aliphatic carbocycles. The first-order valence-corrected chi connectivity index (χ1v) is 10.3. The van der Waals surface area contributed by atoms with E-state index in [-0.39, 0.29) is 23.1 Å². The number of ether oxygens (including phenoxy) is 1. The molecule has 1 aromatic heterocycles. The van der Waals surface area contributed by atoms with Crippen LogP contribution in [0.4, 0.5) is 18.6 Å². The predicted octanol–water partition coefficient (Wildman–Crippen LogP) is 2.90. The molecule has 8 nitrogen and oxygen atoms in total. The predicted molar refractivity (Wildman–Crippen MR) is 112 cm³/mol. The third-order valence-electron chi connectivity index (χ3n) is 4.38. The number of nitrogens with two attached hydrogens (primary N) is 1. The van der Waals surface area contributed by atoms with Crippen LogP contribution in [0.1, 0.15) is 37.6 Å². The van der Waals surface area contributed by atoms with Gasteiger partial charge in [0.1, 0.15) is 22.1 Å². The smallest absolute Gasteiger partial charge is 0.319 e. The molecule has 0 bridgehead atoms. The Morgan fingerprint density at radius 3 is 2.80 bits per heavy atom. The van der Waals surface area contributed by atoms with Gasteiger partial charge in [0.25, 0.3) is 5.91 Å². The first-order valence-electron chi connectivity index (χ1n) is 9.56. The maximum absolute atomic E-state index is 14.5. The molecule has 0 radical (unpaired) electrons. The van der Waals surface area contributed by atoms with E-state index >= 15 is 0 Å². The van der Waals surface area contributed by atoms with E-state index in [4.69, 9.17) is 10.5 Å². The number of anilines is 1. The van der Waals surface area contributed by atoms with Gasteiger partial charge in [-0.2, -0.15) is 4.37 Å². The molecule has 5 N–H and O–H groups in total. The van der Waals surface area contributed by atoms with E-state index in [9.17, 15) is 18.4 Å². The third kappa shape index (κ3) is 6.77. The lowest BCUT2D eigenvalue weighted by Gasteiger charge is -2.27. The Bertz CT molecular complexity index is 823. The number of alkyl halides is 1. The number of primary amides is 1. The summed E-state index contributed by atoms with van der Waals surface area (Å²) in [5, 5.41) is 8.53. The number of allylic oxidation sites excluding steroid dienone is 3. The molecule has 3 amide bonds. The van der Waals surface area contributed by atoms with E-state index in [1.807, 2.05) is 13.8 Å². The molecule has 0 aromatic carbocycles. The highest BCUT2D eigenvalue weighted by atomic mass is 32.1. The minimum Gasteiger partial charge on any atom is -0.476 e. The molecule has 0 saturated carbocycles. The van der Waals surface area contributed by atoms with E-state index in [2.05, 4.69) is 20.3 Å². The summed E-state index contributed by atoms with van der Waals surface area (Å²) >= 11 is 0.810. The summed E-state index contributed by atoms with van der Waals surface area (Å²) in [6, 6.07) is -0.157. The van der Waals surface area contributed by atoms with Gasteiger partial charge in [-0.1, -0.05) is 13.8 Å². The van der Waals surface area contributed by atoms with Gasteiger partial charge in [-0.05, 0) is 49.6 Å². The van der Waals surface area contributed by atoms with Crippen molar-refractivity contribution in [3.63, 3.8) is 0 Å². The molecule has 0 saturated heterocycles. The minimum absolute atomic E-state index is 0.114. The summed E-state index contributed by atoms with van der Waals surface area (Å²) in [6.07, 6.45) is 4.00. The topological polar surface area (TPSA) is 118 Å². The van der Waals surface area contributed by atoms with Crippen LogP contribution in [-0.2, 0) is 0 Å². The van der Waals surface area contributed by atoms with Gasteiger partial charge in [-0.15, -0.1) is 0 Å². The largest absolute Gasteiger partial charge is 0.476 e. The number of halogens is 2. The van der Waals surface area contributed by atoms with E-state index in [1.54, 1.807) is 0 Å². The number of amides is 3. The maximum atomic E-state index is 14.5. The maximum Gasteiger partial charge on any atom is 0.319 e. The van der Waals surface area contributed by atoms with Crippen molar-refractivity contribution in [2.45, 2.75) is 38.9 Å². The van der Waals surface area contributed by atoms with Gasteiger partial charge in [-0.3, -0.25) is 10.1 Å². The first kappa shape index (κ1) is 23.7. The Balaban J connectivity index is 1.95. The van der Waals surface area contributed by atoms with Crippen molar-refractivity contribution in [2.24, 2.45) is 11.7 Å². The van der Waals surface area contributed by atoms with Gasteiger partial charge < -0.3 is 21.1 Å². The van der Waals surface area contributed by atoms with Crippen LogP contribution in [0.2, 0.25) is 0 Å². The molecule has 30 heavy (non-hydrogen) atoms. The second-order valence-electron chi connectivity index (χ2n) is 7.35. The highest BCUT2D eigenvalue weighted by Crippen LogP contribution is 2.34. The van der Waals surface area contributed by atoms with Crippen molar-refractivity contribution in [3.8, 4) is 5.88 Å². The third-order valence-corrected chi connectivity index (χ3v) is 5.13. The zero-order valence-electron chi connectivity index (χ0n) is 17.1. The van der Waals surface area contributed by atoms with Crippen molar-refractivity contribution >= 4 is 28.5 Å². The average molecular weight is 444 g/mol. The van der Waals surface area contributed by atoms with E-state index in [0.717, 1.165) is 42.7 Å². The Labute approximate surface area is 178 Å². The van der Waals surface area contributed by atoms with Gasteiger partial charge >= 0.3 is 6.03 Å². The Morgan fingerprint density at radius 2 is 2.13 bits per heavy atom. The lowest BCUT2D eigenvalue weighted by Crippen LogP contribution is -2.33. The van der Waals surface area contributed by atoms with Gasteiger partial charge in [0, 0.05) is 12.6 Å². The molecular weight excluding hydrogens is 416 g/mol. The summed E-state index contributed by atoms with van der Waals surface area (Å²) in [7, 11) is 0. The van der Waals surface area contributed by atoms with Crippen LogP contribution < -0.4 is 26.4 Å². The zero-order valence-corrected chi connectivity index (χ0v) is 17.9. The fourth-order valence-corrected chi connectivity index (χ4v) is 3.40. The summed E-state index contributed by atoms with van der Waals surface area (Å²) in [5.41, 5.74) is 3.47. The molecule has 2 unspecified atom stereocenters. The molecule has 0 fully saturated rings. The van der Waals surface area contributed by atoms with Crippen LogP contribution in [0.15, 0.2) is 24.1 Å². The summed E-state index contributed by atoms with van der Waals surface area (Å²) in [4.78, 5) is 23.9. The molecule has 166 valence electrons. The molecule has 2 atom stereocenters. The summed E-state index contributed by atoms with van der Waals surface area (Å²) in [5.74, 6) is -2.48. The number of urea groups is 1. The number of hydrogen-bond acceptors (Lipinski definition) is 6. The van der Waals surface area contributed by atoms with Crippen molar-refractivity contribution < 1.29 is 23.1 Å². The SMILES string of the molecule is CC(C)NCCCNC(=O)Nc1snc(OCC2C=C(F)C=CC2(C)F)c1C(N)=O. The minimum atomic E-state index is -1.82. The van der Waals surface area contributed by atoms with E-state index < -0.39 is 29.4 Å². The number of rotatable bonds is 10. The molecule has 1 aliphatic rings. The number of nitrogens with one attached hydrogen (secondary N) is 3. The number of carbonyl (C=O) groups is 2. The van der Waals surface area contributed by atoms with Gasteiger partial charge in [0.15, 0.2) is 0 Å². The quantitative estimate of drug-likeness (QED) is 0.415. The van der Waals surface area contributed by atoms with Crippen molar-refractivity contribution in [1.29, 1.82) is 0 Å². The van der Waals surface area contributed by atoms with Crippen LogP contribution in [0, 0.1) is 5.92 Å². The molecule has 1 aromatic rings. The Hall–Kier alpha value is -2.53. The van der Waals surface area contributed by atoms with Gasteiger partial charge in [-0.25, -0.2) is 13.6 Å². The number of hydrogen-bond donors (Lipinski definition) is 4. The summed E-state index contributed by atoms with van der Waals surface area (Å²) in [6.45, 7) is 6.28. The van der Waals surface area contributed by atoms with Crippen LogP contribution in [0.3, 0.4) is 0 Å². The highest BCUT2D eigenvalue weighted by molar-refractivity contribution is 7.11. The van der Waals surface area contributed by atoms with Crippen LogP contribution in [-0.4, -0.2) is 47.7 Å². The van der Waals surface area contributed by atoms with E-state index in [0.29, 0.717) is 12.6 Å². The van der Waals surface area contributed by atoms with Crippen LogP contribution in [0.25, 0.3) is 0 Å². The molecule has 2 rings (SSSR count). The number of carbonyl (C=O) groups excluding carboxylic acids is 2. The molecule has 11 heteroatoms. The Morgan fingerprint density at radius 1 is 1.40 bits per heavy atom. The standard InChI is InChI=1S/C19H27F2N5O3S/c1-11(2)23-7-4-8-24-18(28)25-17-14(15(22)27)16(26-30-17)29-10-12-9-13(20)5-6-19(12,3)21/h5-6,9,11-12,23H,4,7-8,10H2,1-3H3,(H2,22,27)(H2,24,25,28). The fourth-order valence-electron chi connectivity index (χ4n) is 2.66. The number of nitrogens with zero attached hydrogens (tertiary/aromatic N) is 1. The fraction of sp³-hybridized carbons (Fsp3) is 0.526. The summed E-state index contributed by atoms with van der Waals surface area (Å²) < 4.78 is 37.4. The molecule has 1 heterocycles. The molecular formula is C19H27F2N5O3S. The molecule has 0 aliphatic heterocycles.